The number of carbonyl (C=O) groups excluding carboxylic acids is 1. The van der Waals surface area contributed by atoms with Gasteiger partial charge in [-0.1, -0.05) is 20.3 Å². The molecule has 0 saturated heterocycles. The van der Waals surface area contributed by atoms with E-state index in [4.69, 9.17) is 15.9 Å². The standard InChI is InChI=1S/C9H18N2O4/c1-3-5(2)7(10)8(13)11-4-6(12)9(14)15/h5-7,12H,3-4,10H2,1-2H3,(H,11,13)(H,14,15). The average Bonchev–Trinajstić information content (AvgIpc) is 2.22. The smallest absolute Gasteiger partial charge is 0.334 e. The van der Waals surface area contributed by atoms with Gasteiger partial charge in [0, 0.05) is 0 Å². The molecular weight excluding hydrogens is 200 g/mol. The van der Waals surface area contributed by atoms with Gasteiger partial charge in [0.15, 0.2) is 6.10 Å². The Morgan fingerprint density at radius 2 is 2.00 bits per heavy atom. The van der Waals surface area contributed by atoms with Gasteiger partial charge in [-0.05, 0) is 5.92 Å². The van der Waals surface area contributed by atoms with Gasteiger partial charge in [-0.25, -0.2) is 4.79 Å². The van der Waals surface area contributed by atoms with Crippen LogP contribution in [0, 0.1) is 5.92 Å². The largest absolute Gasteiger partial charge is 0.479 e. The molecule has 0 aromatic carbocycles. The topological polar surface area (TPSA) is 113 Å². The SMILES string of the molecule is CCC(C)C(N)C(=O)NCC(O)C(=O)O. The minimum Gasteiger partial charge on any atom is -0.479 e. The predicted octanol–water partition coefficient (Wildman–Crippen LogP) is -1.08. The van der Waals surface area contributed by atoms with E-state index < -0.39 is 24.0 Å². The van der Waals surface area contributed by atoms with Crippen LogP contribution in [0.3, 0.4) is 0 Å². The fourth-order valence-corrected chi connectivity index (χ4v) is 0.915. The first-order chi connectivity index (χ1) is 6.90. The summed E-state index contributed by atoms with van der Waals surface area (Å²) in [5.41, 5.74) is 5.59. The predicted molar refractivity (Wildman–Crippen MR) is 54.1 cm³/mol. The van der Waals surface area contributed by atoms with E-state index in [0.29, 0.717) is 0 Å². The number of carbonyl (C=O) groups is 2. The van der Waals surface area contributed by atoms with Gasteiger partial charge in [0.2, 0.25) is 5.91 Å². The van der Waals surface area contributed by atoms with Crippen LogP contribution in [0.4, 0.5) is 0 Å². The molecule has 1 amide bonds. The van der Waals surface area contributed by atoms with Crippen molar-refractivity contribution in [2.75, 3.05) is 6.54 Å². The van der Waals surface area contributed by atoms with Crippen LogP contribution < -0.4 is 11.1 Å². The molecule has 0 radical (unpaired) electrons. The molecule has 3 unspecified atom stereocenters. The second-order valence-corrected chi connectivity index (χ2v) is 3.51. The Morgan fingerprint density at radius 3 is 2.40 bits per heavy atom. The van der Waals surface area contributed by atoms with Crippen LogP contribution in [0.5, 0.6) is 0 Å². The van der Waals surface area contributed by atoms with Crippen molar-refractivity contribution >= 4 is 11.9 Å². The third-order valence-corrected chi connectivity index (χ3v) is 2.31. The zero-order valence-corrected chi connectivity index (χ0v) is 8.93. The number of aliphatic hydroxyl groups excluding tert-OH is 1. The molecule has 0 heterocycles. The van der Waals surface area contributed by atoms with E-state index in [1.54, 1.807) is 0 Å². The van der Waals surface area contributed by atoms with E-state index in [1.165, 1.54) is 0 Å². The van der Waals surface area contributed by atoms with Crippen LogP contribution >= 0.6 is 0 Å². The molecule has 0 aromatic heterocycles. The number of carboxylic acid groups (broad SMARTS) is 1. The summed E-state index contributed by atoms with van der Waals surface area (Å²) in [6.45, 7) is 3.42. The highest BCUT2D eigenvalue weighted by Crippen LogP contribution is 2.04. The number of carboxylic acids is 1. The van der Waals surface area contributed by atoms with E-state index in [-0.39, 0.29) is 12.5 Å². The Hall–Kier alpha value is -1.14. The van der Waals surface area contributed by atoms with Crippen LogP contribution in [-0.2, 0) is 9.59 Å². The second-order valence-electron chi connectivity index (χ2n) is 3.51. The lowest BCUT2D eigenvalue weighted by Gasteiger charge is -2.18. The first kappa shape index (κ1) is 13.9. The maximum absolute atomic E-state index is 11.3. The molecule has 3 atom stereocenters. The summed E-state index contributed by atoms with van der Waals surface area (Å²) in [5.74, 6) is -1.79. The summed E-state index contributed by atoms with van der Waals surface area (Å²) >= 11 is 0. The van der Waals surface area contributed by atoms with Crippen molar-refractivity contribution in [2.24, 2.45) is 11.7 Å². The normalized spacial score (nSPS) is 16.5. The zero-order valence-electron chi connectivity index (χ0n) is 8.93. The number of hydrogen-bond donors (Lipinski definition) is 4. The molecule has 0 bridgehead atoms. The van der Waals surface area contributed by atoms with Crippen molar-refractivity contribution < 1.29 is 19.8 Å². The summed E-state index contributed by atoms with van der Waals surface area (Å²) in [6.07, 6.45) is -0.825. The number of aliphatic hydroxyl groups is 1. The fourth-order valence-electron chi connectivity index (χ4n) is 0.915. The molecule has 0 aliphatic rings. The highest BCUT2D eigenvalue weighted by molar-refractivity contribution is 5.82. The Bertz CT molecular complexity index is 232. The molecule has 0 fully saturated rings. The van der Waals surface area contributed by atoms with E-state index >= 15 is 0 Å². The van der Waals surface area contributed by atoms with Crippen molar-refractivity contribution in [2.45, 2.75) is 32.4 Å². The molecular formula is C9H18N2O4. The summed E-state index contributed by atoms with van der Waals surface area (Å²) in [4.78, 5) is 21.6. The minimum absolute atomic E-state index is 0.0203. The highest BCUT2D eigenvalue weighted by atomic mass is 16.4. The zero-order chi connectivity index (χ0) is 12.0. The van der Waals surface area contributed by atoms with E-state index in [0.717, 1.165) is 6.42 Å². The quantitative estimate of drug-likeness (QED) is 0.453. The molecule has 0 aliphatic carbocycles. The summed E-state index contributed by atoms with van der Waals surface area (Å²) < 4.78 is 0. The van der Waals surface area contributed by atoms with Gasteiger partial charge in [-0.2, -0.15) is 0 Å². The molecule has 0 aromatic rings. The first-order valence-corrected chi connectivity index (χ1v) is 4.84. The Kier molecular flexibility index (Phi) is 5.88. The van der Waals surface area contributed by atoms with E-state index in [9.17, 15) is 9.59 Å². The number of hydrogen-bond acceptors (Lipinski definition) is 4. The molecule has 15 heavy (non-hydrogen) atoms. The van der Waals surface area contributed by atoms with Gasteiger partial charge < -0.3 is 21.3 Å². The van der Waals surface area contributed by atoms with Crippen molar-refractivity contribution in [3.8, 4) is 0 Å². The number of nitrogens with two attached hydrogens (primary N) is 1. The monoisotopic (exact) mass is 218 g/mol. The van der Waals surface area contributed by atoms with Gasteiger partial charge in [0.1, 0.15) is 0 Å². The summed E-state index contributed by atoms with van der Waals surface area (Å²) in [6, 6.07) is -0.670. The first-order valence-electron chi connectivity index (χ1n) is 4.84. The van der Waals surface area contributed by atoms with Gasteiger partial charge in [0.05, 0.1) is 12.6 Å². The number of aliphatic carboxylic acids is 1. The van der Waals surface area contributed by atoms with Crippen LogP contribution in [-0.4, -0.2) is 40.8 Å². The molecule has 0 aliphatic heterocycles. The third kappa shape index (κ3) is 4.75. The highest BCUT2D eigenvalue weighted by Gasteiger charge is 2.21. The number of rotatable bonds is 6. The second kappa shape index (κ2) is 6.36. The van der Waals surface area contributed by atoms with Crippen LogP contribution in [0.2, 0.25) is 0 Å². The van der Waals surface area contributed by atoms with Crippen LogP contribution in [0.1, 0.15) is 20.3 Å². The molecule has 0 rings (SSSR count). The van der Waals surface area contributed by atoms with Crippen molar-refractivity contribution in [1.29, 1.82) is 0 Å². The molecule has 5 N–H and O–H groups in total. The number of nitrogens with one attached hydrogen (secondary N) is 1. The lowest BCUT2D eigenvalue weighted by molar-refractivity contribution is -0.146. The summed E-state index contributed by atoms with van der Waals surface area (Å²) in [5, 5.41) is 19.5. The molecule has 88 valence electrons. The van der Waals surface area contributed by atoms with Crippen molar-refractivity contribution in [1.82, 2.24) is 5.32 Å². The molecule has 6 nitrogen and oxygen atoms in total. The number of amides is 1. The van der Waals surface area contributed by atoms with Crippen molar-refractivity contribution in [3.63, 3.8) is 0 Å². The molecule has 6 heteroatoms. The van der Waals surface area contributed by atoms with Gasteiger partial charge >= 0.3 is 5.97 Å². The molecule has 0 saturated carbocycles. The van der Waals surface area contributed by atoms with Crippen LogP contribution in [0.25, 0.3) is 0 Å². The maximum Gasteiger partial charge on any atom is 0.334 e. The minimum atomic E-state index is -1.59. The van der Waals surface area contributed by atoms with E-state index in [1.807, 2.05) is 13.8 Å². The van der Waals surface area contributed by atoms with Gasteiger partial charge in [-0.3, -0.25) is 4.79 Å². The lowest BCUT2D eigenvalue weighted by atomic mass is 9.99. The Labute approximate surface area is 88.5 Å². The van der Waals surface area contributed by atoms with Crippen molar-refractivity contribution in [3.05, 3.63) is 0 Å². The fraction of sp³-hybridized carbons (Fsp3) is 0.778. The third-order valence-electron chi connectivity index (χ3n) is 2.31. The lowest BCUT2D eigenvalue weighted by Crippen LogP contribution is -2.47. The van der Waals surface area contributed by atoms with Gasteiger partial charge in [-0.15, -0.1) is 0 Å². The Morgan fingerprint density at radius 1 is 1.47 bits per heavy atom. The van der Waals surface area contributed by atoms with Gasteiger partial charge in [0.25, 0.3) is 0 Å². The molecule has 0 spiro atoms. The average molecular weight is 218 g/mol. The van der Waals surface area contributed by atoms with E-state index in [2.05, 4.69) is 5.32 Å². The summed E-state index contributed by atoms with van der Waals surface area (Å²) in [7, 11) is 0. The Balaban J connectivity index is 3.98. The maximum atomic E-state index is 11.3. The van der Waals surface area contributed by atoms with Crippen LogP contribution in [0.15, 0.2) is 0 Å².